The van der Waals surface area contributed by atoms with E-state index >= 15 is 0 Å². The van der Waals surface area contributed by atoms with Crippen LogP contribution in [0, 0.1) is 11.3 Å². The standard InChI is InChI=1S/C22H29N3O4/c1-5-29-22(28)20(24-23)21(27)25(15-18-12-7-6-8-13-18)19(26)14-17(4)11-9-10-16(2)3/h6-8,10,12-13,17H,5,9,11,14-15H2,1-4H3/p+1. The number of hydrogen-bond donors (Lipinski definition) is 1. The fourth-order valence-electron chi connectivity index (χ4n) is 2.72. The van der Waals surface area contributed by atoms with E-state index in [2.05, 4.69) is 11.1 Å². The number of nitrogens with zero attached hydrogens (tertiary/aromatic N) is 3. The Kier molecular flexibility index (Phi) is 10.2. The monoisotopic (exact) mass is 400 g/mol. The molecule has 0 heterocycles. The maximum Gasteiger partial charge on any atom is 0.528 e. The van der Waals surface area contributed by atoms with Gasteiger partial charge in [0.05, 0.1) is 13.2 Å². The molecule has 0 aromatic heterocycles. The van der Waals surface area contributed by atoms with Crippen molar-refractivity contribution in [1.29, 1.82) is 5.39 Å². The van der Waals surface area contributed by atoms with Gasteiger partial charge in [-0.2, -0.15) is 0 Å². The summed E-state index contributed by atoms with van der Waals surface area (Å²) in [5.41, 5.74) is 1.25. The first-order valence-electron chi connectivity index (χ1n) is 9.73. The van der Waals surface area contributed by atoms with Crippen LogP contribution in [-0.4, -0.2) is 28.4 Å². The molecule has 0 aliphatic carbocycles. The lowest BCUT2D eigenvalue weighted by Gasteiger charge is -2.20. The molecule has 0 spiro atoms. The molecule has 0 radical (unpaired) electrons. The lowest BCUT2D eigenvalue weighted by atomic mass is 10.00. The number of benzene rings is 1. The number of hydrogen-bond acceptors (Lipinski definition) is 5. The van der Waals surface area contributed by atoms with Crippen LogP contribution in [0.1, 0.15) is 52.5 Å². The van der Waals surface area contributed by atoms with Crippen LogP contribution in [0.15, 0.2) is 53.6 Å². The van der Waals surface area contributed by atoms with Gasteiger partial charge in [-0.1, -0.05) is 48.9 Å². The Labute approximate surface area is 172 Å². The molecule has 1 aromatic carbocycles. The van der Waals surface area contributed by atoms with Gasteiger partial charge in [-0.25, -0.2) is 0 Å². The fraction of sp³-hybridized carbons (Fsp3) is 0.455. The van der Waals surface area contributed by atoms with Crippen LogP contribution in [0.3, 0.4) is 0 Å². The number of aliphatic hydroxyl groups excluding tert-OH is 1. The Balaban J connectivity index is 3.06. The van der Waals surface area contributed by atoms with Crippen LogP contribution < -0.4 is 0 Å². The van der Waals surface area contributed by atoms with Crippen molar-refractivity contribution in [3.05, 3.63) is 64.2 Å². The van der Waals surface area contributed by atoms with Crippen LogP contribution in [-0.2, 0) is 20.9 Å². The highest BCUT2D eigenvalue weighted by Crippen LogP contribution is 2.18. The predicted octanol–water partition coefficient (Wildman–Crippen LogP) is 4.93. The molecule has 0 aliphatic heterocycles. The number of ether oxygens (including phenoxy) is 1. The summed E-state index contributed by atoms with van der Waals surface area (Å²) in [7, 11) is 0. The van der Waals surface area contributed by atoms with Crippen LogP contribution in [0.2, 0.25) is 0 Å². The molecule has 2 amide bonds. The maximum absolute atomic E-state index is 12.9. The first-order chi connectivity index (χ1) is 13.8. The smallest absolute Gasteiger partial charge is 0.475 e. The van der Waals surface area contributed by atoms with Crippen molar-refractivity contribution in [3.8, 4) is 0 Å². The minimum Gasteiger partial charge on any atom is -0.475 e. The van der Waals surface area contributed by atoms with E-state index in [-0.39, 0.29) is 25.5 Å². The van der Waals surface area contributed by atoms with E-state index in [0.29, 0.717) is 0 Å². The topological polar surface area (TPSA) is 95.0 Å². The number of carbonyl (C=O) groups is 2. The molecule has 0 fully saturated rings. The van der Waals surface area contributed by atoms with E-state index in [1.165, 1.54) is 5.57 Å². The highest BCUT2D eigenvalue weighted by atomic mass is 16.6. The van der Waals surface area contributed by atoms with Gasteiger partial charge in [0.25, 0.3) is 0 Å². The maximum atomic E-state index is 12.9. The van der Waals surface area contributed by atoms with Gasteiger partial charge >= 0.3 is 17.5 Å². The molecule has 7 heteroatoms. The summed E-state index contributed by atoms with van der Waals surface area (Å²) in [6, 6.07) is 9.00. The summed E-state index contributed by atoms with van der Waals surface area (Å²) >= 11 is 0. The van der Waals surface area contributed by atoms with E-state index in [4.69, 9.17) is 4.74 Å². The number of amides is 2. The summed E-state index contributed by atoms with van der Waals surface area (Å²) < 4.78 is 4.87. The largest absolute Gasteiger partial charge is 0.528 e. The molecule has 0 aliphatic rings. The van der Waals surface area contributed by atoms with Crippen LogP contribution in [0.25, 0.3) is 4.98 Å². The molecule has 0 bridgehead atoms. The highest BCUT2D eigenvalue weighted by Gasteiger charge is 2.38. The quantitative estimate of drug-likeness (QED) is 0.260. The zero-order valence-corrected chi connectivity index (χ0v) is 17.6. The second kappa shape index (κ2) is 12.3. The molecule has 1 aromatic rings. The van der Waals surface area contributed by atoms with Crippen molar-refractivity contribution in [2.45, 2.75) is 53.5 Å². The second-order valence-electron chi connectivity index (χ2n) is 7.13. The first-order valence-corrected chi connectivity index (χ1v) is 9.73. The lowest BCUT2D eigenvalue weighted by molar-refractivity contribution is -0.144. The van der Waals surface area contributed by atoms with Crippen LogP contribution in [0.5, 0.6) is 0 Å². The molecule has 1 N–H and O–H groups in total. The molecule has 1 rings (SSSR count). The molecule has 0 saturated carbocycles. The van der Waals surface area contributed by atoms with Crippen molar-refractivity contribution in [2.75, 3.05) is 6.61 Å². The van der Waals surface area contributed by atoms with Gasteiger partial charge in [0.2, 0.25) is 11.3 Å². The average Bonchev–Trinajstić information content (AvgIpc) is 2.67. The molecule has 1 atom stereocenters. The van der Waals surface area contributed by atoms with Crippen LogP contribution >= 0.6 is 0 Å². The average molecular weight is 400 g/mol. The first kappa shape index (κ1) is 23.9. The van der Waals surface area contributed by atoms with Crippen molar-refractivity contribution in [1.82, 2.24) is 4.90 Å². The number of imide groups is 1. The Morgan fingerprint density at radius 1 is 1.28 bits per heavy atom. The Morgan fingerprint density at radius 2 is 1.93 bits per heavy atom. The van der Waals surface area contributed by atoms with E-state index in [0.717, 1.165) is 23.3 Å². The minimum atomic E-state index is -0.913. The number of diazo groups is 1. The zero-order valence-electron chi connectivity index (χ0n) is 17.6. The van der Waals surface area contributed by atoms with Crippen molar-refractivity contribution in [3.63, 3.8) is 0 Å². The van der Waals surface area contributed by atoms with Gasteiger partial charge in [-0.3, -0.25) is 14.5 Å². The minimum absolute atomic E-state index is 0.00236. The lowest BCUT2D eigenvalue weighted by Crippen LogP contribution is -2.38. The molecular formula is C22H30N3O4+. The molecular weight excluding hydrogens is 370 g/mol. The molecule has 0 saturated heterocycles. The van der Waals surface area contributed by atoms with Gasteiger partial charge in [0.15, 0.2) is 4.98 Å². The van der Waals surface area contributed by atoms with E-state index < -0.39 is 23.5 Å². The third-order valence-electron chi connectivity index (χ3n) is 4.25. The van der Waals surface area contributed by atoms with Crippen LogP contribution in [0.4, 0.5) is 0 Å². The zero-order chi connectivity index (χ0) is 21.8. The predicted molar refractivity (Wildman–Crippen MR) is 111 cm³/mol. The fourth-order valence-corrected chi connectivity index (χ4v) is 2.72. The Bertz CT molecular complexity index is 790. The van der Waals surface area contributed by atoms with E-state index in [1.54, 1.807) is 31.2 Å². The molecule has 29 heavy (non-hydrogen) atoms. The van der Waals surface area contributed by atoms with Gasteiger partial charge in [0, 0.05) is 6.42 Å². The molecule has 156 valence electrons. The summed E-state index contributed by atoms with van der Waals surface area (Å²) in [5.74, 6) is -2.08. The van der Waals surface area contributed by atoms with Crippen molar-refractivity contribution < 1.29 is 19.4 Å². The molecule has 7 nitrogen and oxygen atoms in total. The third-order valence-corrected chi connectivity index (χ3v) is 4.25. The second-order valence-corrected chi connectivity index (χ2v) is 7.13. The number of carbonyl (C=O) groups excluding carboxylic acids is 2. The summed E-state index contributed by atoms with van der Waals surface area (Å²) in [4.78, 5) is 29.6. The number of allylic oxidation sites excluding steroid dienone is 2. The van der Waals surface area contributed by atoms with Gasteiger partial charge in [0.1, 0.15) is 0 Å². The van der Waals surface area contributed by atoms with E-state index in [1.807, 2.05) is 26.8 Å². The normalized spacial score (nSPS) is 12.2. The third kappa shape index (κ3) is 8.18. The van der Waals surface area contributed by atoms with E-state index in [9.17, 15) is 20.1 Å². The summed E-state index contributed by atoms with van der Waals surface area (Å²) in [6.45, 7) is 7.67. The van der Waals surface area contributed by atoms with Crippen molar-refractivity contribution in [2.24, 2.45) is 5.92 Å². The van der Waals surface area contributed by atoms with Gasteiger partial charge < -0.3 is 9.84 Å². The Morgan fingerprint density at radius 3 is 2.48 bits per heavy atom. The summed E-state index contributed by atoms with van der Waals surface area (Å²) in [5, 5.41) is 19.1. The van der Waals surface area contributed by atoms with Gasteiger partial charge in [-0.15, -0.1) is 0 Å². The number of aliphatic hydroxyl groups is 1. The summed E-state index contributed by atoms with van der Waals surface area (Å²) in [6.07, 6.45) is 3.93. The Hall–Kier alpha value is -3.14. The number of rotatable bonds is 10. The SMILES string of the molecule is CCO/C(O)=C(\[N+]#N)C(=O)N(Cc1ccccc1)C(=O)CC(C)CCC=C(C)C. The van der Waals surface area contributed by atoms with Crippen molar-refractivity contribution >= 4 is 11.8 Å². The highest BCUT2D eigenvalue weighted by molar-refractivity contribution is 6.05. The molecule has 1 unspecified atom stereocenters. The van der Waals surface area contributed by atoms with Gasteiger partial charge in [-0.05, 0) is 45.1 Å².